The molecule has 0 aliphatic carbocycles. The molecule has 0 spiro atoms. The summed E-state index contributed by atoms with van der Waals surface area (Å²) in [5, 5.41) is 3.96. The summed E-state index contributed by atoms with van der Waals surface area (Å²) in [6.07, 6.45) is 0. The highest BCUT2D eigenvalue weighted by molar-refractivity contribution is 5.81. The lowest BCUT2D eigenvalue weighted by Crippen LogP contribution is -2.21. The van der Waals surface area contributed by atoms with Crippen LogP contribution in [0, 0.1) is 5.82 Å². The van der Waals surface area contributed by atoms with Gasteiger partial charge in [-0.05, 0) is 45.4 Å². The lowest BCUT2D eigenvalue weighted by Gasteiger charge is -2.20. The van der Waals surface area contributed by atoms with Crippen LogP contribution in [0.4, 0.5) is 4.39 Å². The Morgan fingerprint density at radius 2 is 1.90 bits per heavy atom. The number of carbonyl (C=O) groups is 1. The van der Waals surface area contributed by atoms with E-state index in [4.69, 9.17) is 4.52 Å². The zero-order valence-corrected chi connectivity index (χ0v) is 12.0. The minimum absolute atomic E-state index is 0.0280. The molecule has 2 aromatic rings. The molecule has 0 saturated heterocycles. The van der Waals surface area contributed by atoms with Gasteiger partial charge in [0.25, 0.3) is 0 Å². The smallest absolute Gasteiger partial charge is 0.236 e. The van der Waals surface area contributed by atoms with E-state index in [1.165, 1.54) is 19.1 Å². The van der Waals surface area contributed by atoms with Crippen LogP contribution in [0.5, 0.6) is 0 Å². The van der Waals surface area contributed by atoms with Gasteiger partial charge >= 0.3 is 0 Å². The van der Waals surface area contributed by atoms with E-state index in [2.05, 4.69) is 10.1 Å². The molecule has 2 rings (SSSR count). The van der Waals surface area contributed by atoms with Crippen molar-refractivity contribution < 1.29 is 13.7 Å². The summed E-state index contributed by atoms with van der Waals surface area (Å²) in [6, 6.07) is 6.19. The van der Waals surface area contributed by atoms with Gasteiger partial charge in [-0.2, -0.15) is 4.98 Å². The number of Topliss-reactive ketones (excluding diaryl/α,β-unsaturated/α-hetero) is 1. The fourth-order valence-corrected chi connectivity index (χ4v) is 1.83. The number of hydrogen-bond donors (Lipinski definition) is 0. The number of halogens is 1. The van der Waals surface area contributed by atoms with Crippen LogP contribution in [-0.4, -0.2) is 15.9 Å². The Morgan fingerprint density at radius 1 is 1.30 bits per heavy atom. The highest BCUT2D eigenvalue weighted by atomic mass is 19.1. The first-order valence-electron chi connectivity index (χ1n) is 6.43. The third kappa shape index (κ3) is 2.61. The number of ketones is 1. The van der Waals surface area contributed by atoms with Crippen LogP contribution in [0.3, 0.4) is 0 Å². The van der Waals surface area contributed by atoms with Gasteiger partial charge in [-0.15, -0.1) is 0 Å². The molecule has 0 amide bonds. The lowest BCUT2D eigenvalue weighted by molar-refractivity contribution is -0.118. The number of benzene rings is 1. The maximum absolute atomic E-state index is 13.0. The van der Waals surface area contributed by atoms with Gasteiger partial charge in [-0.1, -0.05) is 17.3 Å². The number of aromatic nitrogens is 2. The van der Waals surface area contributed by atoms with E-state index in [-0.39, 0.29) is 11.6 Å². The standard InChI is InChI=1S/C15H17FN2O2/c1-9(10(2)19)13-17-14(18-20-13)15(3,4)11-5-7-12(16)8-6-11/h5-9H,1-4H3. The molecule has 0 aliphatic heterocycles. The van der Waals surface area contributed by atoms with Gasteiger partial charge < -0.3 is 4.52 Å². The molecular weight excluding hydrogens is 259 g/mol. The molecule has 1 aromatic heterocycles. The highest BCUT2D eigenvalue weighted by Gasteiger charge is 2.30. The van der Waals surface area contributed by atoms with E-state index in [1.807, 2.05) is 13.8 Å². The van der Waals surface area contributed by atoms with Crippen LogP contribution >= 0.6 is 0 Å². The van der Waals surface area contributed by atoms with Crippen LogP contribution in [0.15, 0.2) is 28.8 Å². The molecule has 0 N–H and O–H groups in total. The third-order valence-electron chi connectivity index (χ3n) is 3.55. The van der Waals surface area contributed by atoms with Crippen LogP contribution in [-0.2, 0) is 10.2 Å². The number of nitrogens with zero attached hydrogens (tertiary/aromatic N) is 2. The molecule has 0 bridgehead atoms. The summed E-state index contributed by atoms with van der Waals surface area (Å²) in [7, 11) is 0. The molecule has 1 heterocycles. The number of rotatable bonds is 4. The van der Waals surface area contributed by atoms with Crippen molar-refractivity contribution in [1.29, 1.82) is 0 Å². The summed E-state index contributed by atoms with van der Waals surface area (Å²) >= 11 is 0. The summed E-state index contributed by atoms with van der Waals surface area (Å²) in [4.78, 5) is 15.7. The van der Waals surface area contributed by atoms with Gasteiger partial charge in [0, 0.05) is 0 Å². The van der Waals surface area contributed by atoms with E-state index in [0.29, 0.717) is 11.7 Å². The molecule has 5 heteroatoms. The van der Waals surface area contributed by atoms with E-state index < -0.39 is 11.3 Å². The monoisotopic (exact) mass is 276 g/mol. The quantitative estimate of drug-likeness (QED) is 0.860. The van der Waals surface area contributed by atoms with E-state index in [9.17, 15) is 9.18 Å². The third-order valence-corrected chi connectivity index (χ3v) is 3.55. The van der Waals surface area contributed by atoms with Crippen LogP contribution in [0.1, 0.15) is 50.9 Å². The largest absolute Gasteiger partial charge is 0.339 e. The fourth-order valence-electron chi connectivity index (χ4n) is 1.83. The number of carbonyl (C=O) groups excluding carboxylic acids is 1. The predicted molar refractivity (Wildman–Crippen MR) is 71.9 cm³/mol. The van der Waals surface area contributed by atoms with Crippen molar-refractivity contribution in [2.45, 2.75) is 39.0 Å². The normalized spacial score (nSPS) is 13.2. The van der Waals surface area contributed by atoms with Crippen LogP contribution in [0.2, 0.25) is 0 Å². The molecule has 0 saturated carbocycles. The molecule has 1 unspecified atom stereocenters. The minimum Gasteiger partial charge on any atom is -0.339 e. The second-order valence-electron chi connectivity index (χ2n) is 5.42. The second-order valence-corrected chi connectivity index (χ2v) is 5.42. The van der Waals surface area contributed by atoms with Crippen molar-refractivity contribution in [3.8, 4) is 0 Å². The second kappa shape index (κ2) is 5.15. The topological polar surface area (TPSA) is 56.0 Å². The maximum Gasteiger partial charge on any atom is 0.236 e. The highest BCUT2D eigenvalue weighted by Crippen LogP contribution is 2.30. The van der Waals surface area contributed by atoms with Gasteiger partial charge in [-0.3, -0.25) is 4.79 Å². The molecule has 4 nitrogen and oxygen atoms in total. The van der Waals surface area contributed by atoms with Crippen LogP contribution in [0.25, 0.3) is 0 Å². The summed E-state index contributed by atoms with van der Waals surface area (Å²) < 4.78 is 18.2. The average molecular weight is 276 g/mol. The molecule has 1 atom stereocenters. The Balaban J connectivity index is 2.35. The number of hydrogen-bond acceptors (Lipinski definition) is 4. The van der Waals surface area contributed by atoms with Crippen molar-refractivity contribution in [2.24, 2.45) is 0 Å². The van der Waals surface area contributed by atoms with Gasteiger partial charge in [0.05, 0.1) is 11.3 Å². The van der Waals surface area contributed by atoms with E-state index in [0.717, 1.165) is 5.56 Å². The van der Waals surface area contributed by atoms with E-state index in [1.54, 1.807) is 19.1 Å². The molecule has 106 valence electrons. The Labute approximate surface area is 117 Å². The summed E-state index contributed by atoms with van der Waals surface area (Å²) in [6.45, 7) is 7.06. The first kappa shape index (κ1) is 14.4. The first-order chi connectivity index (χ1) is 9.32. The molecule has 0 fully saturated rings. The van der Waals surface area contributed by atoms with E-state index >= 15 is 0 Å². The maximum atomic E-state index is 13.0. The average Bonchev–Trinajstić information content (AvgIpc) is 2.88. The zero-order valence-electron chi connectivity index (χ0n) is 12.0. The molecule has 0 radical (unpaired) electrons. The Morgan fingerprint density at radius 3 is 2.45 bits per heavy atom. The predicted octanol–water partition coefficient (Wildman–Crippen LogP) is 3.23. The van der Waals surface area contributed by atoms with Crippen molar-refractivity contribution in [3.63, 3.8) is 0 Å². The van der Waals surface area contributed by atoms with Gasteiger partial charge in [-0.25, -0.2) is 4.39 Å². The van der Waals surface area contributed by atoms with Gasteiger partial charge in [0.15, 0.2) is 5.82 Å². The Hall–Kier alpha value is -2.04. The van der Waals surface area contributed by atoms with Gasteiger partial charge in [0.2, 0.25) is 5.89 Å². The summed E-state index contributed by atoms with van der Waals surface area (Å²) in [5.74, 6) is 0.0542. The Bertz CT molecular complexity index is 617. The minimum atomic E-state index is -0.522. The lowest BCUT2D eigenvalue weighted by atomic mass is 9.84. The fraction of sp³-hybridized carbons (Fsp3) is 0.400. The van der Waals surface area contributed by atoms with Crippen molar-refractivity contribution in [2.75, 3.05) is 0 Å². The van der Waals surface area contributed by atoms with Crippen molar-refractivity contribution in [1.82, 2.24) is 10.1 Å². The molecule has 1 aromatic carbocycles. The molecular formula is C15H17FN2O2. The molecule has 0 aliphatic rings. The SMILES string of the molecule is CC(=O)C(C)c1nc(C(C)(C)c2ccc(F)cc2)no1. The van der Waals surface area contributed by atoms with Gasteiger partial charge in [0.1, 0.15) is 11.6 Å². The summed E-state index contributed by atoms with van der Waals surface area (Å²) in [5.41, 5.74) is 0.355. The molecule has 20 heavy (non-hydrogen) atoms. The first-order valence-corrected chi connectivity index (χ1v) is 6.43. The Kier molecular flexibility index (Phi) is 3.70. The van der Waals surface area contributed by atoms with Crippen LogP contribution < -0.4 is 0 Å². The zero-order chi connectivity index (χ0) is 14.9. The van der Waals surface area contributed by atoms with Crippen molar-refractivity contribution in [3.05, 3.63) is 47.4 Å². The van der Waals surface area contributed by atoms with Crippen molar-refractivity contribution >= 4 is 5.78 Å².